The van der Waals surface area contributed by atoms with Crippen LogP contribution in [0.4, 0.5) is 0 Å². The summed E-state index contributed by atoms with van der Waals surface area (Å²) < 4.78 is 0. The summed E-state index contributed by atoms with van der Waals surface area (Å²) in [6, 6.07) is 25.0. The Kier molecular flexibility index (Phi) is 14.9. The summed E-state index contributed by atoms with van der Waals surface area (Å²) in [4.78, 5) is 0. The van der Waals surface area contributed by atoms with Crippen molar-refractivity contribution in [3.8, 4) is 17.2 Å². The average molecular weight is 475 g/mol. The molecule has 0 aliphatic rings. The number of rotatable bonds is 0. The molecular formula is C18H18HfNO3-3. The van der Waals surface area contributed by atoms with Crippen LogP contribution in [0.25, 0.3) is 0 Å². The van der Waals surface area contributed by atoms with Gasteiger partial charge in [0.2, 0.25) is 0 Å². The van der Waals surface area contributed by atoms with Crippen molar-refractivity contribution in [1.29, 1.82) is 0 Å². The molecule has 0 heterocycles. The Morgan fingerprint density at radius 2 is 0.565 bits per heavy atom. The predicted octanol–water partition coefficient (Wildman–Crippen LogP) is 2.44. The third kappa shape index (κ3) is 13.3. The van der Waals surface area contributed by atoms with E-state index in [1.165, 1.54) is 36.4 Å². The number of hydrogen-bond acceptors (Lipinski definition) is 4. The molecule has 3 N–H and O–H groups in total. The Labute approximate surface area is 155 Å². The van der Waals surface area contributed by atoms with E-state index < -0.39 is 0 Å². The van der Waals surface area contributed by atoms with Gasteiger partial charge in [-0.25, -0.2) is 0 Å². The second kappa shape index (κ2) is 14.8. The number of hydrogen-bond donors (Lipinski definition) is 1. The molecule has 0 bridgehead atoms. The molecule has 0 aliphatic heterocycles. The van der Waals surface area contributed by atoms with Crippen LogP contribution in [0, 0.1) is 0 Å². The molecule has 23 heavy (non-hydrogen) atoms. The van der Waals surface area contributed by atoms with Crippen LogP contribution in [0.2, 0.25) is 0 Å². The summed E-state index contributed by atoms with van der Waals surface area (Å²) in [7, 11) is 0. The Balaban J connectivity index is 0. The van der Waals surface area contributed by atoms with E-state index in [2.05, 4.69) is 0 Å². The van der Waals surface area contributed by atoms with Crippen LogP contribution in [0.15, 0.2) is 91.0 Å². The normalized spacial score (nSPS) is 7.83. The summed E-state index contributed by atoms with van der Waals surface area (Å²) in [5, 5.41) is 30.8. The minimum Gasteiger partial charge on any atom is -0.872 e. The Bertz CT molecular complexity index is 503. The molecule has 3 aromatic carbocycles. The van der Waals surface area contributed by atoms with Gasteiger partial charge < -0.3 is 21.5 Å². The summed E-state index contributed by atoms with van der Waals surface area (Å²) >= 11 is 0. The molecule has 120 valence electrons. The van der Waals surface area contributed by atoms with Crippen molar-refractivity contribution >= 4 is 0 Å². The second-order valence-corrected chi connectivity index (χ2v) is 3.94. The van der Waals surface area contributed by atoms with Gasteiger partial charge >= 0.3 is 0 Å². The SMILES string of the molecule is N.[Hf].[O-]c1ccccc1.[O-]c1ccccc1.[O-]c1ccccc1. The van der Waals surface area contributed by atoms with Gasteiger partial charge in [-0.15, -0.1) is 17.2 Å². The zero-order valence-corrected chi connectivity index (χ0v) is 16.2. The molecule has 5 heteroatoms. The summed E-state index contributed by atoms with van der Waals surface area (Å²) in [5.41, 5.74) is 0. The maximum absolute atomic E-state index is 10.3. The molecule has 0 aliphatic carbocycles. The Morgan fingerprint density at radius 3 is 0.652 bits per heavy atom. The molecule has 3 rings (SSSR count). The monoisotopic (exact) mass is 476 g/mol. The molecular weight excluding hydrogens is 457 g/mol. The van der Waals surface area contributed by atoms with Gasteiger partial charge in [-0.2, -0.15) is 0 Å². The van der Waals surface area contributed by atoms with E-state index in [4.69, 9.17) is 0 Å². The van der Waals surface area contributed by atoms with Crippen molar-refractivity contribution in [2.45, 2.75) is 0 Å². The predicted molar refractivity (Wildman–Crippen MR) is 82.7 cm³/mol. The van der Waals surface area contributed by atoms with E-state index in [9.17, 15) is 15.3 Å². The summed E-state index contributed by atoms with van der Waals surface area (Å²) in [5.74, 6) is 0.215. The first-order chi connectivity index (χ1) is 10.2. The average Bonchev–Trinajstić information content (AvgIpc) is 2.51. The molecule has 3 aromatic rings. The Hall–Kier alpha value is -2.11. The molecule has 0 saturated heterocycles. The van der Waals surface area contributed by atoms with E-state index in [1.54, 1.807) is 36.4 Å². The molecule has 4 nitrogen and oxygen atoms in total. The quantitative estimate of drug-likeness (QED) is 0.505. The number of para-hydroxylation sites is 3. The van der Waals surface area contributed by atoms with Crippen LogP contribution >= 0.6 is 0 Å². The molecule has 0 atom stereocenters. The first kappa shape index (κ1) is 23.2. The van der Waals surface area contributed by atoms with Crippen LogP contribution < -0.4 is 21.5 Å². The van der Waals surface area contributed by atoms with Gasteiger partial charge in [-0.1, -0.05) is 91.0 Å². The molecule has 0 radical (unpaired) electrons. The fraction of sp³-hybridized carbons (Fsp3) is 0. The molecule has 0 amide bonds. The smallest absolute Gasteiger partial charge is 0 e. The minimum absolute atomic E-state index is 0. The van der Waals surface area contributed by atoms with Crippen molar-refractivity contribution in [3.05, 3.63) is 91.0 Å². The molecule has 0 aromatic heterocycles. The molecule has 0 saturated carbocycles. The summed E-state index contributed by atoms with van der Waals surface area (Å²) in [6.07, 6.45) is 0. The van der Waals surface area contributed by atoms with Gasteiger partial charge in [0.15, 0.2) is 0 Å². The van der Waals surface area contributed by atoms with Crippen molar-refractivity contribution in [1.82, 2.24) is 6.15 Å². The first-order valence-electron chi connectivity index (χ1n) is 6.34. The number of benzene rings is 3. The van der Waals surface area contributed by atoms with Crippen molar-refractivity contribution < 1.29 is 41.2 Å². The van der Waals surface area contributed by atoms with Crippen LogP contribution in [-0.2, 0) is 25.8 Å². The third-order valence-corrected chi connectivity index (χ3v) is 2.23. The zero-order valence-electron chi connectivity index (χ0n) is 12.6. The fourth-order valence-electron chi connectivity index (χ4n) is 1.26. The minimum atomic E-state index is 0. The van der Waals surface area contributed by atoms with Gasteiger partial charge in [-0.3, -0.25) is 0 Å². The van der Waals surface area contributed by atoms with E-state index in [0.717, 1.165) is 0 Å². The van der Waals surface area contributed by atoms with Crippen LogP contribution in [0.3, 0.4) is 0 Å². The van der Waals surface area contributed by atoms with E-state index in [-0.39, 0.29) is 49.2 Å². The molecule has 0 spiro atoms. The maximum Gasteiger partial charge on any atom is 0 e. The topological polar surface area (TPSA) is 104 Å². The standard InChI is InChI=1S/3C6H6O.Hf.H3N/c3*7-6-4-2-1-3-5-6;;/h3*1-5,7H;;1H3/p-3. The summed E-state index contributed by atoms with van der Waals surface area (Å²) in [6.45, 7) is 0. The van der Waals surface area contributed by atoms with Gasteiger partial charge in [0.1, 0.15) is 0 Å². The van der Waals surface area contributed by atoms with Crippen molar-refractivity contribution in [3.63, 3.8) is 0 Å². The van der Waals surface area contributed by atoms with E-state index in [1.807, 2.05) is 18.2 Å². The van der Waals surface area contributed by atoms with Crippen LogP contribution in [0.5, 0.6) is 17.2 Å². The van der Waals surface area contributed by atoms with E-state index in [0.29, 0.717) is 0 Å². The molecule has 0 fully saturated rings. The van der Waals surface area contributed by atoms with Crippen LogP contribution in [-0.4, -0.2) is 0 Å². The first-order valence-corrected chi connectivity index (χ1v) is 6.34. The van der Waals surface area contributed by atoms with Gasteiger partial charge in [0.25, 0.3) is 0 Å². The van der Waals surface area contributed by atoms with Gasteiger partial charge in [0.05, 0.1) is 0 Å². The second-order valence-electron chi connectivity index (χ2n) is 3.94. The van der Waals surface area contributed by atoms with Gasteiger partial charge in [-0.05, 0) is 0 Å². The van der Waals surface area contributed by atoms with E-state index >= 15 is 0 Å². The van der Waals surface area contributed by atoms with Gasteiger partial charge in [0, 0.05) is 25.8 Å². The molecule has 0 unspecified atom stereocenters. The van der Waals surface area contributed by atoms with Crippen molar-refractivity contribution in [2.75, 3.05) is 0 Å². The zero-order chi connectivity index (χ0) is 15.3. The van der Waals surface area contributed by atoms with Crippen molar-refractivity contribution in [2.24, 2.45) is 0 Å². The Morgan fingerprint density at radius 1 is 0.391 bits per heavy atom. The maximum atomic E-state index is 10.3. The fourth-order valence-corrected chi connectivity index (χ4v) is 1.26. The largest absolute Gasteiger partial charge is 0.872 e. The third-order valence-electron chi connectivity index (χ3n) is 2.23. The van der Waals surface area contributed by atoms with Crippen LogP contribution in [0.1, 0.15) is 0 Å².